The van der Waals surface area contributed by atoms with Crippen molar-refractivity contribution >= 4 is 29.1 Å². The summed E-state index contributed by atoms with van der Waals surface area (Å²) in [5.74, 6) is 0.722. The number of halogens is 4. The Morgan fingerprint density at radius 1 is 1.21 bits per heavy atom. The van der Waals surface area contributed by atoms with Crippen molar-refractivity contribution in [1.29, 1.82) is 0 Å². The van der Waals surface area contributed by atoms with Crippen LogP contribution in [-0.2, 0) is 15.9 Å². The van der Waals surface area contributed by atoms with Crippen LogP contribution in [0.5, 0.6) is 5.75 Å². The summed E-state index contributed by atoms with van der Waals surface area (Å²) in [6, 6.07) is 10.6. The summed E-state index contributed by atoms with van der Waals surface area (Å²) in [5, 5.41) is 7.70. The SMILES string of the molecule is COc1cccc(C2=NOC3(CCN(OC(=O)Nc4ccc(Cl)cc4C(F)(F)F)CC3)C2)c1. The predicted molar refractivity (Wildman–Crippen MR) is 115 cm³/mol. The Balaban J connectivity index is 1.32. The van der Waals surface area contributed by atoms with E-state index in [9.17, 15) is 18.0 Å². The molecule has 2 heterocycles. The van der Waals surface area contributed by atoms with E-state index in [-0.39, 0.29) is 5.02 Å². The monoisotopic (exact) mass is 483 g/mol. The molecule has 1 saturated heterocycles. The predicted octanol–water partition coefficient (Wildman–Crippen LogP) is 5.49. The Hall–Kier alpha value is -2.98. The number of anilines is 1. The molecule has 1 spiro atoms. The van der Waals surface area contributed by atoms with Crippen LogP contribution < -0.4 is 10.1 Å². The molecule has 0 unspecified atom stereocenters. The summed E-state index contributed by atoms with van der Waals surface area (Å²) >= 11 is 5.66. The van der Waals surface area contributed by atoms with Crippen molar-refractivity contribution in [3.05, 3.63) is 58.6 Å². The third kappa shape index (κ3) is 5.33. The number of piperidine rings is 1. The van der Waals surface area contributed by atoms with Crippen LogP contribution in [0.1, 0.15) is 30.4 Å². The first-order valence-corrected chi connectivity index (χ1v) is 10.6. The topological polar surface area (TPSA) is 72.4 Å². The van der Waals surface area contributed by atoms with Gasteiger partial charge in [0.2, 0.25) is 0 Å². The van der Waals surface area contributed by atoms with E-state index in [1.807, 2.05) is 24.3 Å². The number of hydrogen-bond donors (Lipinski definition) is 1. The maximum atomic E-state index is 13.2. The van der Waals surface area contributed by atoms with Crippen molar-refractivity contribution in [2.75, 3.05) is 25.5 Å². The highest BCUT2D eigenvalue weighted by Gasteiger charge is 2.43. The lowest BCUT2D eigenvalue weighted by atomic mass is 9.86. The first-order valence-electron chi connectivity index (χ1n) is 10.2. The number of rotatable bonds is 4. The molecule has 0 bridgehead atoms. The van der Waals surface area contributed by atoms with Gasteiger partial charge in [-0.15, -0.1) is 5.06 Å². The molecule has 0 aliphatic carbocycles. The van der Waals surface area contributed by atoms with Crippen LogP contribution in [0, 0.1) is 0 Å². The number of oxime groups is 1. The number of ether oxygens (including phenoxy) is 1. The molecular weight excluding hydrogens is 463 g/mol. The molecule has 0 saturated carbocycles. The highest BCUT2D eigenvalue weighted by Crippen LogP contribution is 2.38. The summed E-state index contributed by atoms with van der Waals surface area (Å²) in [6.07, 6.45) is -4.03. The molecule has 2 aliphatic rings. The minimum Gasteiger partial charge on any atom is -0.497 e. The van der Waals surface area contributed by atoms with Crippen molar-refractivity contribution < 1.29 is 32.4 Å². The van der Waals surface area contributed by atoms with Gasteiger partial charge in [-0.1, -0.05) is 28.9 Å². The van der Waals surface area contributed by atoms with Gasteiger partial charge in [-0.25, -0.2) is 4.79 Å². The zero-order valence-electron chi connectivity index (χ0n) is 17.6. The molecule has 2 aliphatic heterocycles. The highest BCUT2D eigenvalue weighted by molar-refractivity contribution is 6.30. The highest BCUT2D eigenvalue weighted by atomic mass is 35.5. The quantitative estimate of drug-likeness (QED) is 0.622. The molecule has 4 rings (SSSR count). The lowest BCUT2D eigenvalue weighted by Gasteiger charge is -2.35. The van der Waals surface area contributed by atoms with Crippen molar-refractivity contribution in [3.63, 3.8) is 0 Å². The molecule has 33 heavy (non-hydrogen) atoms. The Morgan fingerprint density at radius 3 is 2.67 bits per heavy atom. The minimum atomic E-state index is -4.68. The van der Waals surface area contributed by atoms with Gasteiger partial charge in [0, 0.05) is 42.9 Å². The molecule has 7 nitrogen and oxygen atoms in total. The Labute approximate surface area is 193 Å². The van der Waals surface area contributed by atoms with Crippen molar-refractivity contribution in [3.8, 4) is 5.75 Å². The first-order chi connectivity index (χ1) is 15.7. The van der Waals surface area contributed by atoms with Crippen LogP contribution in [0.25, 0.3) is 0 Å². The normalized spacial score (nSPS) is 17.9. The van der Waals surface area contributed by atoms with E-state index < -0.39 is 29.1 Å². The standard InChI is InChI=1S/C22H21ClF3N3O4/c1-31-16-4-2-3-14(11-16)19-13-21(33-28-19)7-9-29(10-8-21)32-20(30)27-18-6-5-15(23)12-17(18)22(24,25)26/h2-6,11-12H,7-10,13H2,1H3,(H,27,30). The largest absolute Gasteiger partial charge is 0.497 e. The van der Waals surface area contributed by atoms with Gasteiger partial charge in [-0.3, -0.25) is 5.32 Å². The van der Waals surface area contributed by atoms with Gasteiger partial charge in [0.1, 0.15) is 11.4 Å². The van der Waals surface area contributed by atoms with Crippen LogP contribution in [0.3, 0.4) is 0 Å². The average Bonchev–Trinajstić information content (AvgIpc) is 3.20. The molecule has 0 radical (unpaired) electrons. The first kappa shape index (κ1) is 23.2. The lowest BCUT2D eigenvalue weighted by Crippen LogP contribution is -2.45. The number of alkyl halides is 3. The maximum absolute atomic E-state index is 13.2. The second-order valence-electron chi connectivity index (χ2n) is 7.84. The van der Waals surface area contributed by atoms with Crippen LogP contribution in [-0.4, -0.2) is 42.7 Å². The number of methoxy groups -OCH3 is 1. The number of hydroxylamine groups is 2. The van der Waals surface area contributed by atoms with E-state index in [0.717, 1.165) is 29.2 Å². The summed E-state index contributed by atoms with van der Waals surface area (Å²) in [7, 11) is 1.59. The lowest BCUT2D eigenvalue weighted by molar-refractivity contribution is -0.154. The maximum Gasteiger partial charge on any atom is 0.430 e. The Kier molecular flexibility index (Phi) is 6.40. The van der Waals surface area contributed by atoms with E-state index in [2.05, 4.69) is 10.5 Å². The molecule has 11 heteroatoms. The molecule has 1 N–H and O–H groups in total. The third-order valence-electron chi connectivity index (χ3n) is 5.61. The number of hydrogen-bond acceptors (Lipinski definition) is 6. The van der Waals surface area contributed by atoms with E-state index in [1.54, 1.807) is 7.11 Å². The summed E-state index contributed by atoms with van der Waals surface area (Å²) in [4.78, 5) is 23.2. The summed E-state index contributed by atoms with van der Waals surface area (Å²) in [5.41, 5.74) is -0.267. The summed E-state index contributed by atoms with van der Waals surface area (Å²) < 4.78 is 44.9. The molecule has 1 amide bonds. The van der Waals surface area contributed by atoms with Crippen LogP contribution in [0.2, 0.25) is 5.02 Å². The van der Waals surface area contributed by atoms with E-state index >= 15 is 0 Å². The fourth-order valence-corrected chi connectivity index (χ4v) is 4.01. The van der Waals surface area contributed by atoms with E-state index in [4.69, 9.17) is 26.0 Å². The van der Waals surface area contributed by atoms with Gasteiger partial charge in [-0.05, 0) is 30.3 Å². The van der Waals surface area contributed by atoms with Gasteiger partial charge in [0.25, 0.3) is 0 Å². The minimum absolute atomic E-state index is 0.0883. The average molecular weight is 484 g/mol. The molecule has 176 valence electrons. The Morgan fingerprint density at radius 2 is 1.97 bits per heavy atom. The van der Waals surface area contributed by atoms with Gasteiger partial charge in [0.15, 0.2) is 0 Å². The number of amides is 1. The van der Waals surface area contributed by atoms with Gasteiger partial charge < -0.3 is 14.4 Å². The number of benzene rings is 2. The van der Waals surface area contributed by atoms with Gasteiger partial charge in [0.05, 0.1) is 24.1 Å². The fraction of sp³-hybridized carbons (Fsp3) is 0.364. The van der Waals surface area contributed by atoms with Crippen molar-refractivity contribution in [2.45, 2.75) is 31.0 Å². The molecule has 0 atom stereocenters. The molecule has 2 aromatic carbocycles. The number of nitrogens with one attached hydrogen (secondary N) is 1. The molecule has 1 fully saturated rings. The van der Waals surface area contributed by atoms with Crippen LogP contribution in [0.4, 0.5) is 23.7 Å². The second-order valence-corrected chi connectivity index (χ2v) is 8.28. The van der Waals surface area contributed by atoms with Crippen LogP contribution in [0.15, 0.2) is 47.6 Å². The second kappa shape index (κ2) is 9.11. The molecule has 0 aromatic heterocycles. The number of carbonyl (C=O) groups excluding carboxylic acids is 1. The van der Waals surface area contributed by atoms with Gasteiger partial charge >= 0.3 is 12.3 Å². The summed E-state index contributed by atoms with van der Waals surface area (Å²) in [6.45, 7) is 0.697. The van der Waals surface area contributed by atoms with Crippen molar-refractivity contribution in [1.82, 2.24) is 5.06 Å². The zero-order valence-corrected chi connectivity index (χ0v) is 18.4. The van der Waals surface area contributed by atoms with Crippen molar-refractivity contribution in [2.24, 2.45) is 5.16 Å². The number of nitrogens with zero attached hydrogens (tertiary/aromatic N) is 2. The zero-order chi connectivity index (χ0) is 23.6. The van der Waals surface area contributed by atoms with E-state index in [1.165, 1.54) is 11.1 Å². The van der Waals surface area contributed by atoms with E-state index in [0.29, 0.717) is 32.4 Å². The Bertz CT molecular complexity index is 1070. The van der Waals surface area contributed by atoms with Crippen LogP contribution >= 0.6 is 11.6 Å². The smallest absolute Gasteiger partial charge is 0.430 e. The molecule has 2 aromatic rings. The molecular formula is C22H21ClF3N3O4. The number of carbonyl (C=O) groups is 1. The fourth-order valence-electron chi connectivity index (χ4n) is 3.84. The third-order valence-corrected chi connectivity index (χ3v) is 5.85. The van der Waals surface area contributed by atoms with Gasteiger partial charge in [-0.2, -0.15) is 13.2 Å².